The highest BCUT2D eigenvalue weighted by atomic mass is 16.5. The van der Waals surface area contributed by atoms with Crippen LogP contribution in [0.3, 0.4) is 0 Å². The van der Waals surface area contributed by atoms with Gasteiger partial charge in [-0.3, -0.25) is 4.79 Å². The zero-order valence-electron chi connectivity index (χ0n) is 12.0. The first-order valence-corrected chi connectivity index (χ1v) is 6.94. The van der Waals surface area contributed by atoms with E-state index in [0.717, 1.165) is 12.8 Å². The van der Waals surface area contributed by atoms with Crippen LogP contribution in [0.2, 0.25) is 0 Å². The summed E-state index contributed by atoms with van der Waals surface area (Å²) in [6.07, 6.45) is 1.18. The molecular weight excluding hydrogens is 258 g/mol. The normalized spacial score (nSPS) is 18.8. The Kier molecular flexibility index (Phi) is 4.84. The second-order valence-electron chi connectivity index (χ2n) is 4.85. The van der Waals surface area contributed by atoms with E-state index >= 15 is 0 Å². The molecule has 2 rings (SSSR count). The number of rotatable bonds is 4. The molecule has 1 aliphatic heterocycles. The number of amides is 1. The van der Waals surface area contributed by atoms with Crippen LogP contribution in [0.15, 0.2) is 18.2 Å². The van der Waals surface area contributed by atoms with Crippen LogP contribution in [0.4, 0.5) is 0 Å². The maximum atomic E-state index is 12.4. The lowest BCUT2D eigenvalue weighted by atomic mass is 10.1. The van der Waals surface area contributed by atoms with Crippen molar-refractivity contribution in [2.24, 2.45) is 0 Å². The van der Waals surface area contributed by atoms with Crippen LogP contribution in [0.25, 0.3) is 0 Å². The van der Waals surface area contributed by atoms with Crippen LogP contribution >= 0.6 is 0 Å². The summed E-state index contributed by atoms with van der Waals surface area (Å²) in [4.78, 5) is 14.1. The topological polar surface area (TPSA) is 59.0 Å². The molecule has 20 heavy (non-hydrogen) atoms. The highest BCUT2D eigenvalue weighted by Crippen LogP contribution is 2.28. The third-order valence-corrected chi connectivity index (χ3v) is 3.39. The predicted octanol–water partition coefficient (Wildman–Crippen LogP) is 1.69. The fraction of sp³-hybridized carbons (Fsp3) is 0.533. The first-order valence-electron chi connectivity index (χ1n) is 6.94. The Balaban J connectivity index is 2.19. The summed E-state index contributed by atoms with van der Waals surface area (Å²) in [5, 5.41) is 9.66. The number of aliphatic hydroxyl groups excluding tert-OH is 1. The molecule has 1 N–H and O–H groups in total. The van der Waals surface area contributed by atoms with Gasteiger partial charge in [-0.05, 0) is 38.0 Å². The standard InChI is InChI=1S/C15H21NO4/c1-3-20-14-9-11(6-7-13(14)19-2)15(18)16-8-4-5-12(17)10-16/h6-7,9,12,17H,3-5,8,10H2,1-2H3. The number of β-amino-alcohol motifs (C(OH)–C–C–N with tert-alkyl or cyclic N) is 1. The van der Waals surface area contributed by atoms with Gasteiger partial charge in [-0.2, -0.15) is 0 Å². The molecule has 1 heterocycles. The van der Waals surface area contributed by atoms with Gasteiger partial charge in [0, 0.05) is 18.7 Å². The summed E-state index contributed by atoms with van der Waals surface area (Å²) in [5.41, 5.74) is 0.559. The van der Waals surface area contributed by atoms with Crippen LogP contribution in [-0.4, -0.2) is 48.8 Å². The first kappa shape index (κ1) is 14.7. The number of piperidine rings is 1. The van der Waals surface area contributed by atoms with E-state index in [1.807, 2.05) is 6.92 Å². The number of hydrogen-bond donors (Lipinski definition) is 1. The molecule has 1 aromatic rings. The molecule has 5 nitrogen and oxygen atoms in total. The van der Waals surface area contributed by atoms with Crippen LogP contribution in [0.1, 0.15) is 30.1 Å². The fourth-order valence-electron chi connectivity index (χ4n) is 2.40. The van der Waals surface area contributed by atoms with E-state index in [0.29, 0.717) is 36.8 Å². The molecular formula is C15H21NO4. The SMILES string of the molecule is CCOc1cc(C(=O)N2CCCC(O)C2)ccc1OC. The van der Waals surface area contributed by atoms with Gasteiger partial charge >= 0.3 is 0 Å². The van der Waals surface area contributed by atoms with Gasteiger partial charge in [0.25, 0.3) is 5.91 Å². The molecule has 1 saturated heterocycles. The average molecular weight is 279 g/mol. The van der Waals surface area contributed by atoms with E-state index in [1.54, 1.807) is 30.2 Å². The number of aliphatic hydroxyl groups is 1. The highest BCUT2D eigenvalue weighted by molar-refractivity contribution is 5.95. The average Bonchev–Trinajstić information content (AvgIpc) is 2.47. The van der Waals surface area contributed by atoms with Gasteiger partial charge in [-0.1, -0.05) is 0 Å². The molecule has 1 amide bonds. The lowest BCUT2D eigenvalue weighted by Crippen LogP contribution is -2.42. The second-order valence-corrected chi connectivity index (χ2v) is 4.85. The van der Waals surface area contributed by atoms with Gasteiger partial charge in [0.05, 0.1) is 19.8 Å². The zero-order chi connectivity index (χ0) is 14.5. The van der Waals surface area contributed by atoms with Gasteiger partial charge in [-0.25, -0.2) is 0 Å². The lowest BCUT2D eigenvalue weighted by molar-refractivity contribution is 0.0473. The number of carbonyl (C=O) groups excluding carboxylic acids is 1. The molecule has 5 heteroatoms. The van der Waals surface area contributed by atoms with Crippen molar-refractivity contribution < 1.29 is 19.4 Å². The third kappa shape index (κ3) is 3.22. The summed E-state index contributed by atoms with van der Waals surface area (Å²) >= 11 is 0. The highest BCUT2D eigenvalue weighted by Gasteiger charge is 2.23. The monoisotopic (exact) mass is 279 g/mol. The number of likely N-dealkylation sites (tertiary alicyclic amines) is 1. The number of benzene rings is 1. The van der Waals surface area contributed by atoms with Gasteiger partial charge in [0.2, 0.25) is 0 Å². The van der Waals surface area contributed by atoms with Crippen LogP contribution in [-0.2, 0) is 0 Å². The van der Waals surface area contributed by atoms with E-state index in [-0.39, 0.29) is 5.91 Å². The lowest BCUT2D eigenvalue weighted by Gasteiger charge is -2.30. The molecule has 0 radical (unpaired) electrons. The fourth-order valence-corrected chi connectivity index (χ4v) is 2.40. The van der Waals surface area contributed by atoms with E-state index < -0.39 is 6.10 Å². The molecule has 0 aliphatic carbocycles. The van der Waals surface area contributed by atoms with Crippen LogP contribution < -0.4 is 9.47 Å². The molecule has 110 valence electrons. The van der Waals surface area contributed by atoms with Gasteiger partial charge < -0.3 is 19.5 Å². The van der Waals surface area contributed by atoms with Gasteiger partial charge in [0.1, 0.15) is 0 Å². The summed E-state index contributed by atoms with van der Waals surface area (Å²) in [5.74, 6) is 1.10. The molecule has 0 aromatic heterocycles. The Morgan fingerprint density at radius 3 is 2.90 bits per heavy atom. The Labute approximate surface area is 119 Å². The Morgan fingerprint density at radius 2 is 2.25 bits per heavy atom. The van der Waals surface area contributed by atoms with E-state index in [9.17, 15) is 9.90 Å². The van der Waals surface area contributed by atoms with Crippen molar-refractivity contribution in [1.82, 2.24) is 4.90 Å². The van der Waals surface area contributed by atoms with E-state index in [4.69, 9.17) is 9.47 Å². The Morgan fingerprint density at radius 1 is 1.45 bits per heavy atom. The molecule has 1 fully saturated rings. The molecule has 1 aromatic carbocycles. The zero-order valence-corrected chi connectivity index (χ0v) is 12.0. The maximum Gasteiger partial charge on any atom is 0.254 e. The summed E-state index contributed by atoms with van der Waals surface area (Å²) in [6, 6.07) is 5.16. The van der Waals surface area contributed by atoms with Crippen molar-refractivity contribution in [3.63, 3.8) is 0 Å². The largest absolute Gasteiger partial charge is 0.493 e. The minimum absolute atomic E-state index is 0.0765. The van der Waals surface area contributed by atoms with Crippen LogP contribution in [0.5, 0.6) is 11.5 Å². The van der Waals surface area contributed by atoms with Crippen molar-refractivity contribution in [3.8, 4) is 11.5 Å². The second kappa shape index (κ2) is 6.61. The molecule has 0 spiro atoms. The summed E-state index contributed by atoms with van der Waals surface area (Å²) in [7, 11) is 1.57. The van der Waals surface area contributed by atoms with E-state index in [1.165, 1.54) is 0 Å². The molecule has 0 saturated carbocycles. The van der Waals surface area contributed by atoms with Crippen molar-refractivity contribution in [3.05, 3.63) is 23.8 Å². The minimum atomic E-state index is -0.419. The Bertz CT molecular complexity index is 475. The third-order valence-electron chi connectivity index (χ3n) is 3.39. The van der Waals surface area contributed by atoms with Gasteiger partial charge in [0.15, 0.2) is 11.5 Å². The number of methoxy groups -OCH3 is 1. The first-order chi connectivity index (χ1) is 9.65. The number of carbonyl (C=O) groups is 1. The minimum Gasteiger partial charge on any atom is -0.493 e. The van der Waals surface area contributed by atoms with E-state index in [2.05, 4.69) is 0 Å². The molecule has 1 atom stereocenters. The smallest absolute Gasteiger partial charge is 0.254 e. The van der Waals surface area contributed by atoms with Crippen molar-refractivity contribution >= 4 is 5.91 Å². The predicted molar refractivity (Wildman–Crippen MR) is 75.3 cm³/mol. The number of nitrogens with zero attached hydrogens (tertiary/aromatic N) is 1. The Hall–Kier alpha value is -1.75. The quantitative estimate of drug-likeness (QED) is 0.911. The summed E-state index contributed by atoms with van der Waals surface area (Å²) in [6.45, 7) is 3.48. The van der Waals surface area contributed by atoms with Crippen LogP contribution in [0, 0.1) is 0 Å². The van der Waals surface area contributed by atoms with Crippen molar-refractivity contribution in [2.75, 3.05) is 26.8 Å². The van der Waals surface area contributed by atoms with Crippen molar-refractivity contribution in [2.45, 2.75) is 25.9 Å². The molecule has 1 unspecified atom stereocenters. The summed E-state index contributed by atoms with van der Waals surface area (Å²) < 4.78 is 10.7. The van der Waals surface area contributed by atoms with Gasteiger partial charge in [-0.15, -0.1) is 0 Å². The molecule has 0 bridgehead atoms. The number of ether oxygens (including phenoxy) is 2. The number of hydrogen-bond acceptors (Lipinski definition) is 4. The van der Waals surface area contributed by atoms with Crippen molar-refractivity contribution in [1.29, 1.82) is 0 Å². The maximum absolute atomic E-state index is 12.4. The molecule has 1 aliphatic rings.